The Morgan fingerprint density at radius 3 is 2.81 bits per heavy atom. The fourth-order valence-corrected chi connectivity index (χ4v) is 4.06. The summed E-state index contributed by atoms with van der Waals surface area (Å²) in [4.78, 5) is 14.5. The molecule has 1 aliphatic heterocycles. The fraction of sp³-hybridized carbons (Fsp3) is 0.130. The van der Waals surface area contributed by atoms with E-state index in [9.17, 15) is 5.11 Å². The number of pyridine rings is 1. The molecular weight excluding hydrogens is 435 g/mol. The molecule has 1 unspecified atom stereocenters. The molecule has 0 amide bonds. The number of anilines is 2. The molecule has 6 nitrogen and oxygen atoms in total. The second-order valence-corrected chi connectivity index (χ2v) is 8.01. The summed E-state index contributed by atoms with van der Waals surface area (Å²) >= 11 is 12.3. The summed E-state index contributed by atoms with van der Waals surface area (Å²) in [5.41, 5.74) is 4.02. The van der Waals surface area contributed by atoms with Crippen LogP contribution < -0.4 is 9.64 Å². The third-order valence-electron chi connectivity index (χ3n) is 5.28. The molecule has 0 aliphatic carbocycles. The molecule has 31 heavy (non-hydrogen) atoms. The van der Waals surface area contributed by atoms with E-state index in [0.29, 0.717) is 33.7 Å². The summed E-state index contributed by atoms with van der Waals surface area (Å²) in [5, 5.41) is 10.9. The minimum absolute atomic E-state index is 0.0732. The van der Waals surface area contributed by atoms with Gasteiger partial charge in [0.2, 0.25) is 0 Å². The molecular formula is C23H18Cl2N4O2. The fourth-order valence-electron chi connectivity index (χ4n) is 3.74. The van der Waals surface area contributed by atoms with E-state index in [-0.39, 0.29) is 12.6 Å². The first-order valence-corrected chi connectivity index (χ1v) is 10.4. The summed E-state index contributed by atoms with van der Waals surface area (Å²) in [6, 6.07) is 12.9. The molecule has 0 saturated heterocycles. The number of aliphatic hydroxyl groups excluding tert-OH is 1. The number of halogens is 2. The van der Waals surface area contributed by atoms with Gasteiger partial charge in [-0.25, -0.2) is 9.97 Å². The van der Waals surface area contributed by atoms with Crippen LogP contribution in [-0.2, 0) is 0 Å². The van der Waals surface area contributed by atoms with Gasteiger partial charge in [-0.05, 0) is 42.0 Å². The van der Waals surface area contributed by atoms with Crippen molar-refractivity contribution in [3.8, 4) is 17.1 Å². The third-order valence-corrected chi connectivity index (χ3v) is 6.00. The maximum atomic E-state index is 9.97. The highest BCUT2D eigenvalue weighted by molar-refractivity contribution is 6.42. The minimum atomic E-state index is -0.266. The van der Waals surface area contributed by atoms with Crippen LogP contribution in [0.5, 0.6) is 5.75 Å². The number of hydrogen-bond donors (Lipinski definition) is 2. The van der Waals surface area contributed by atoms with E-state index in [1.807, 2.05) is 35.2 Å². The highest BCUT2D eigenvalue weighted by Crippen LogP contribution is 2.44. The first kappa shape index (κ1) is 19.9. The summed E-state index contributed by atoms with van der Waals surface area (Å²) in [7, 11) is 0. The lowest BCUT2D eigenvalue weighted by atomic mass is 10.1. The summed E-state index contributed by atoms with van der Waals surface area (Å²) in [5.74, 6) is 2.02. The van der Waals surface area contributed by atoms with Crippen molar-refractivity contribution in [1.29, 1.82) is 0 Å². The van der Waals surface area contributed by atoms with E-state index in [0.717, 1.165) is 28.1 Å². The second-order valence-electron chi connectivity index (χ2n) is 7.19. The van der Waals surface area contributed by atoms with Gasteiger partial charge in [-0.15, -0.1) is 0 Å². The Morgan fingerprint density at radius 1 is 1.23 bits per heavy atom. The number of para-hydroxylation sites is 1. The van der Waals surface area contributed by atoms with E-state index < -0.39 is 0 Å². The van der Waals surface area contributed by atoms with Crippen LogP contribution in [-0.4, -0.2) is 39.3 Å². The van der Waals surface area contributed by atoms with Crippen molar-refractivity contribution in [2.24, 2.45) is 0 Å². The molecule has 0 radical (unpaired) electrons. The zero-order valence-electron chi connectivity index (χ0n) is 16.3. The molecule has 2 aromatic heterocycles. The van der Waals surface area contributed by atoms with Crippen molar-refractivity contribution in [2.75, 3.05) is 18.1 Å². The van der Waals surface area contributed by atoms with Crippen molar-refractivity contribution >= 4 is 51.8 Å². The predicted octanol–water partition coefficient (Wildman–Crippen LogP) is 5.47. The zero-order valence-corrected chi connectivity index (χ0v) is 17.9. The van der Waals surface area contributed by atoms with Crippen LogP contribution in [0, 0.1) is 0 Å². The van der Waals surface area contributed by atoms with E-state index >= 15 is 0 Å². The van der Waals surface area contributed by atoms with Crippen LogP contribution in [0.2, 0.25) is 10.0 Å². The van der Waals surface area contributed by atoms with Crippen molar-refractivity contribution < 1.29 is 9.84 Å². The van der Waals surface area contributed by atoms with Gasteiger partial charge in [0.25, 0.3) is 0 Å². The monoisotopic (exact) mass is 452 g/mol. The summed E-state index contributed by atoms with van der Waals surface area (Å²) < 4.78 is 6.09. The van der Waals surface area contributed by atoms with Crippen LogP contribution in [0.25, 0.3) is 28.5 Å². The van der Waals surface area contributed by atoms with Crippen LogP contribution >= 0.6 is 23.2 Å². The molecule has 1 aliphatic rings. The van der Waals surface area contributed by atoms with E-state index in [4.69, 9.17) is 27.9 Å². The van der Waals surface area contributed by atoms with Crippen molar-refractivity contribution in [2.45, 2.75) is 6.04 Å². The van der Waals surface area contributed by atoms with Crippen LogP contribution in [0.1, 0.15) is 5.56 Å². The minimum Gasteiger partial charge on any atom is -0.488 e. The van der Waals surface area contributed by atoms with Gasteiger partial charge >= 0.3 is 0 Å². The Labute approximate surface area is 188 Å². The topological polar surface area (TPSA) is 74.3 Å². The van der Waals surface area contributed by atoms with E-state index in [2.05, 4.69) is 21.5 Å². The molecule has 1 atom stereocenters. The SMILES string of the molecule is C=Cc1ccc(N2c3cccc(-c4nc5cc(Cl)c(Cl)cc5[nH]4)c3OCC2CO)nc1. The maximum absolute atomic E-state index is 9.97. The van der Waals surface area contributed by atoms with Gasteiger partial charge in [0.05, 0.1) is 45.0 Å². The average molecular weight is 453 g/mol. The number of nitrogens with one attached hydrogen (secondary N) is 1. The number of H-pyrrole nitrogens is 1. The lowest BCUT2D eigenvalue weighted by Gasteiger charge is -2.37. The number of aromatic nitrogens is 3. The standard InChI is InChI=1S/C23H18Cl2N4O2/c1-2-13-6-7-21(26-10-13)29-14(11-30)12-31-22-15(4-3-5-20(22)29)23-27-18-8-16(24)17(25)9-19(18)28-23/h2-10,14,30H,1,11-12H2,(H,27,28). The number of rotatable bonds is 4. The largest absolute Gasteiger partial charge is 0.488 e. The number of ether oxygens (including phenoxy) is 1. The van der Waals surface area contributed by atoms with Crippen molar-refractivity contribution in [3.05, 3.63) is 70.8 Å². The Bertz CT molecular complexity index is 1250. The summed E-state index contributed by atoms with van der Waals surface area (Å²) in [6.45, 7) is 4.01. The van der Waals surface area contributed by atoms with Gasteiger partial charge < -0.3 is 19.7 Å². The second kappa shape index (κ2) is 7.89. The van der Waals surface area contributed by atoms with Crippen molar-refractivity contribution in [1.82, 2.24) is 15.0 Å². The van der Waals surface area contributed by atoms with Gasteiger partial charge in [0.15, 0.2) is 5.75 Å². The van der Waals surface area contributed by atoms with Crippen LogP contribution in [0.3, 0.4) is 0 Å². The molecule has 0 bridgehead atoms. The molecule has 0 spiro atoms. The number of hydrogen-bond acceptors (Lipinski definition) is 5. The molecule has 3 heterocycles. The lowest BCUT2D eigenvalue weighted by molar-refractivity contribution is 0.195. The number of benzene rings is 2. The molecule has 4 aromatic rings. The number of aliphatic hydroxyl groups is 1. The van der Waals surface area contributed by atoms with Gasteiger partial charge in [0, 0.05) is 6.20 Å². The average Bonchev–Trinajstić information content (AvgIpc) is 3.20. The van der Waals surface area contributed by atoms with Crippen molar-refractivity contribution in [3.63, 3.8) is 0 Å². The van der Waals surface area contributed by atoms with Gasteiger partial charge in [-0.3, -0.25) is 0 Å². The third kappa shape index (κ3) is 3.43. The molecule has 8 heteroatoms. The number of aromatic amines is 1. The quantitative estimate of drug-likeness (QED) is 0.429. The number of fused-ring (bicyclic) bond motifs is 2. The van der Waals surface area contributed by atoms with Crippen LogP contribution in [0.15, 0.2) is 55.2 Å². The molecule has 0 fully saturated rings. The molecule has 2 N–H and O–H groups in total. The van der Waals surface area contributed by atoms with Gasteiger partial charge in [-0.2, -0.15) is 0 Å². The Balaban J connectivity index is 1.64. The lowest BCUT2D eigenvalue weighted by Crippen LogP contribution is -2.43. The summed E-state index contributed by atoms with van der Waals surface area (Å²) in [6.07, 6.45) is 3.49. The number of imidazole rings is 1. The van der Waals surface area contributed by atoms with E-state index in [1.54, 1.807) is 24.4 Å². The predicted molar refractivity (Wildman–Crippen MR) is 124 cm³/mol. The molecule has 2 aromatic carbocycles. The molecule has 5 rings (SSSR count). The smallest absolute Gasteiger partial charge is 0.154 e. The molecule has 0 saturated carbocycles. The highest BCUT2D eigenvalue weighted by Gasteiger charge is 2.31. The Kier molecular flexibility index (Phi) is 5.06. The number of nitrogens with zero attached hydrogens (tertiary/aromatic N) is 3. The van der Waals surface area contributed by atoms with Gasteiger partial charge in [0.1, 0.15) is 18.2 Å². The van der Waals surface area contributed by atoms with Crippen LogP contribution in [0.4, 0.5) is 11.5 Å². The Morgan fingerprint density at radius 2 is 2.06 bits per heavy atom. The molecule has 156 valence electrons. The van der Waals surface area contributed by atoms with Gasteiger partial charge in [-0.1, -0.05) is 41.9 Å². The Hall–Kier alpha value is -3.06. The normalized spacial score (nSPS) is 15.6. The first-order chi connectivity index (χ1) is 15.1. The van der Waals surface area contributed by atoms with E-state index in [1.165, 1.54) is 0 Å². The highest BCUT2D eigenvalue weighted by atomic mass is 35.5. The first-order valence-electron chi connectivity index (χ1n) is 9.68. The maximum Gasteiger partial charge on any atom is 0.154 e. The zero-order chi connectivity index (χ0) is 21.5.